The lowest BCUT2D eigenvalue weighted by molar-refractivity contribution is -0.111. The zero-order valence-corrected chi connectivity index (χ0v) is 18.8. The Balaban J connectivity index is 1.56. The van der Waals surface area contributed by atoms with Crippen LogP contribution in [0.1, 0.15) is 11.1 Å². The van der Waals surface area contributed by atoms with Crippen molar-refractivity contribution in [2.45, 2.75) is 11.3 Å². The van der Waals surface area contributed by atoms with Crippen molar-refractivity contribution >= 4 is 27.7 Å². The SMILES string of the molecule is CN(C)CCc1ccc(NC(=O)/C=C/c2ccc(S(=O)(=O)N3CCOCC3)cc2)cc1. The molecule has 0 radical (unpaired) electrons. The summed E-state index contributed by atoms with van der Waals surface area (Å²) in [5.41, 5.74) is 2.69. The fourth-order valence-electron chi connectivity index (χ4n) is 3.15. The first-order valence-corrected chi connectivity index (χ1v) is 11.7. The first-order valence-electron chi connectivity index (χ1n) is 10.3. The molecule has 2 aromatic carbocycles. The predicted octanol–water partition coefficient (Wildman–Crippen LogP) is 2.46. The Morgan fingerprint density at radius 2 is 1.71 bits per heavy atom. The number of benzene rings is 2. The molecule has 1 aliphatic rings. The summed E-state index contributed by atoms with van der Waals surface area (Å²) in [6.45, 7) is 2.52. The number of morpholine rings is 1. The highest BCUT2D eigenvalue weighted by atomic mass is 32.2. The van der Waals surface area contributed by atoms with Gasteiger partial charge >= 0.3 is 0 Å². The lowest BCUT2D eigenvalue weighted by atomic mass is 10.1. The maximum Gasteiger partial charge on any atom is 0.248 e. The van der Waals surface area contributed by atoms with Crippen molar-refractivity contribution in [1.29, 1.82) is 0 Å². The van der Waals surface area contributed by atoms with Crippen molar-refractivity contribution in [2.75, 3.05) is 52.3 Å². The second-order valence-corrected chi connectivity index (χ2v) is 9.60. The second-order valence-electron chi connectivity index (χ2n) is 7.66. The van der Waals surface area contributed by atoms with Crippen molar-refractivity contribution in [1.82, 2.24) is 9.21 Å². The Hall–Kier alpha value is -2.52. The third-order valence-corrected chi connectivity index (χ3v) is 6.90. The van der Waals surface area contributed by atoms with Crippen molar-refractivity contribution in [3.05, 3.63) is 65.7 Å². The number of carbonyl (C=O) groups excluding carboxylic acids is 1. The number of carbonyl (C=O) groups is 1. The van der Waals surface area contributed by atoms with E-state index in [0.717, 1.165) is 24.2 Å². The minimum Gasteiger partial charge on any atom is -0.379 e. The summed E-state index contributed by atoms with van der Waals surface area (Å²) in [7, 11) is 0.562. The van der Waals surface area contributed by atoms with Crippen LogP contribution in [0.4, 0.5) is 5.69 Å². The van der Waals surface area contributed by atoms with Crippen LogP contribution >= 0.6 is 0 Å². The summed E-state index contributed by atoms with van der Waals surface area (Å²) in [4.78, 5) is 14.6. The van der Waals surface area contributed by atoms with Crippen LogP contribution in [-0.2, 0) is 26.0 Å². The topological polar surface area (TPSA) is 79.0 Å². The molecular formula is C23H29N3O4S. The highest BCUT2D eigenvalue weighted by Crippen LogP contribution is 2.18. The third kappa shape index (κ3) is 6.73. The highest BCUT2D eigenvalue weighted by molar-refractivity contribution is 7.89. The normalized spacial score (nSPS) is 15.5. The number of sulfonamides is 1. The molecule has 0 aromatic heterocycles. The first-order chi connectivity index (χ1) is 14.8. The minimum atomic E-state index is -3.52. The van der Waals surface area contributed by atoms with Gasteiger partial charge in [0.05, 0.1) is 18.1 Å². The lowest BCUT2D eigenvalue weighted by Crippen LogP contribution is -2.40. The van der Waals surface area contributed by atoms with E-state index < -0.39 is 10.0 Å². The number of ether oxygens (including phenoxy) is 1. The number of likely N-dealkylation sites (N-methyl/N-ethyl adjacent to an activating group) is 1. The van der Waals surface area contributed by atoms with Crippen LogP contribution in [0.3, 0.4) is 0 Å². The molecule has 2 aromatic rings. The number of amides is 1. The fraction of sp³-hybridized carbons (Fsp3) is 0.348. The van der Waals surface area contributed by atoms with E-state index in [0.29, 0.717) is 26.3 Å². The van der Waals surface area contributed by atoms with Gasteiger partial charge in [0.15, 0.2) is 0 Å². The van der Waals surface area contributed by atoms with Crippen molar-refractivity contribution in [2.24, 2.45) is 0 Å². The molecule has 0 saturated carbocycles. The molecule has 0 bridgehead atoms. The molecule has 1 amide bonds. The zero-order chi connectivity index (χ0) is 22.3. The summed E-state index contributed by atoms with van der Waals surface area (Å²) >= 11 is 0. The number of nitrogens with one attached hydrogen (secondary N) is 1. The van der Waals surface area contributed by atoms with E-state index >= 15 is 0 Å². The van der Waals surface area contributed by atoms with E-state index in [4.69, 9.17) is 4.74 Å². The van der Waals surface area contributed by atoms with Crippen molar-refractivity contribution in [3.8, 4) is 0 Å². The van der Waals surface area contributed by atoms with Crippen molar-refractivity contribution < 1.29 is 17.9 Å². The molecule has 0 aliphatic carbocycles. The van der Waals surface area contributed by atoms with E-state index in [9.17, 15) is 13.2 Å². The van der Waals surface area contributed by atoms with Gasteiger partial charge in [0.2, 0.25) is 15.9 Å². The van der Waals surface area contributed by atoms with E-state index in [1.165, 1.54) is 15.9 Å². The van der Waals surface area contributed by atoms with Gasteiger partial charge in [0.25, 0.3) is 0 Å². The van der Waals surface area contributed by atoms with Crippen LogP contribution in [0.2, 0.25) is 0 Å². The molecule has 1 N–H and O–H groups in total. The molecule has 8 heteroatoms. The zero-order valence-electron chi connectivity index (χ0n) is 18.0. The number of nitrogens with zero attached hydrogens (tertiary/aromatic N) is 2. The average molecular weight is 444 g/mol. The summed E-state index contributed by atoms with van der Waals surface area (Å²) in [5, 5.41) is 2.83. The number of hydrogen-bond donors (Lipinski definition) is 1. The molecule has 7 nitrogen and oxygen atoms in total. The molecule has 1 fully saturated rings. The molecule has 1 saturated heterocycles. The Kier molecular flexibility index (Phi) is 7.97. The second kappa shape index (κ2) is 10.7. The first kappa shape index (κ1) is 23.1. The van der Waals surface area contributed by atoms with E-state index in [1.54, 1.807) is 30.3 Å². The van der Waals surface area contributed by atoms with Gasteiger partial charge in [0.1, 0.15) is 0 Å². The molecule has 31 heavy (non-hydrogen) atoms. The Bertz CT molecular complexity index is 994. The molecule has 166 valence electrons. The summed E-state index contributed by atoms with van der Waals surface area (Å²) < 4.78 is 32.0. The Labute approximate surface area is 184 Å². The van der Waals surface area contributed by atoms with Crippen molar-refractivity contribution in [3.63, 3.8) is 0 Å². The molecule has 0 spiro atoms. The summed E-state index contributed by atoms with van der Waals surface area (Å²) in [5.74, 6) is -0.244. The van der Waals surface area contributed by atoms with Crippen LogP contribution in [0.5, 0.6) is 0 Å². The van der Waals surface area contributed by atoms with Gasteiger partial charge in [-0.25, -0.2) is 8.42 Å². The number of anilines is 1. The third-order valence-electron chi connectivity index (χ3n) is 4.98. The maximum atomic E-state index is 12.7. The van der Waals surface area contributed by atoms with Crippen LogP contribution < -0.4 is 5.32 Å². The average Bonchev–Trinajstić information content (AvgIpc) is 2.78. The van der Waals surface area contributed by atoms with Gasteiger partial charge in [-0.2, -0.15) is 4.31 Å². The van der Waals surface area contributed by atoms with Gasteiger partial charge in [-0.3, -0.25) is 4.79 Å². The van der Waals surface area contributed by atoms with E-state index in [2.05, 4.69) is 10.2 Å². The van der Waals surface area contributed by atoms with E-state index in [-0.39, 0.29) is 10.8 Å². The van der Waals surface area contributed by atoms with Gasteiger partial charge in [-0.1, -0.05) is 24.3 Å². The highest BCUT2D eigenvalue weighted by Gasteiger charge is 2.25. The quantitative estimate of drug-likeness (QED) is 0.634. The smallest absolute Gasteiger partial charge is 0.248 e. The molecule has 0 unspecified atom stereocenters. The van der Waals surface area contributed by atoms with Crippen LogP contribution in [-0.4, -0.2) is 70.5 Å². The minimum absolute atomic E-state index is 0.241. The number of hydrogen-bond acceptors (Lipinski definition) is 5. The molecule has 0 atom stereocenters. The van der Waals surface area contributed by atoms with Gasteiger partial charge in [-0.15, -0.1) is 0 Å². The predicted molar refractivity (Wildman–Crippen MR) is 122 cm³/mol. The van der Waals surface area contributed by atoms with Gasteiger partial charge in [-0.05, 0) is 62.0 Å². The standard InChI is InChI=1S/C23H29N3O4S/c1-25(2)14-13-20-3-8-21(9-4-20)24-23(27)12-7-19-5-10-22(11-6-19)31(28,29)26-15-17-30-18-16-26/h3-12H,13-18H2,1-2H3,(H,24,27)/b12-7+. The van der Waals surface area contributed by atoms with Crippen LogP contribution in [0, 0.1) is 0 Å². The Morgan fingerprint density at radius 3 is 2.32 bits per heavy atom. The van der Waals surface area contributed by atoms with Crippen LogP contribution in [0.15, 0.2) is 59.5 Å². The fourth-order valence-corrected chi connectivity index (χ4v) is 4.56. The number of rotatable bonds is 8. The maximum absolute atomic E-state index is 12.7. The molecule has 1 heterocycles. The summed E-state index contributed by atoms with van der Waals surface area (Å²) in [6.07, 6.45) is 4.05. The molecule has 3 rings (SSSR count). The Morgan fingerprint density at radius 1 is 1.06 bits per heavy atom. The van der Waals surface area contributed by atoms with Crippen LogP contribution in [0.25, 0.3) is 6.08 Å². The lowest BCUT2D eigenvalue weighted by Gasteiger charge is -2.26. The largest absolute Gasteiger partial charge is 0.379 e. The molecular weight excluding hydrogens is 414 g/mol. The van der Waals surface area contributed by atoms with Gasteiger partial charge in [0, 0.05) is 31.4 Å². The van der Waals surface area contributed by atoms with Gasteiger partial charge < -0.3 is 15.0 Å². The summed E-state index contributed by atoms with van der Waals surface area (Å²) in [6, 6.07) is 14.3. The molecule has 1 aliphatic heterocycles. The van der Waals surface area contributed by atoms with E-state index in [1.807, 2.05) is 38.4 Å². The monoisotopic (exact) mass is 443 g/mol.